The van der Waals surface area contributed by atoms with Gasteiger partial charge in [0.15, 0.2) is 0 Å². The van der Waals surface area contributed by atoms with E-state index in [2.05, 4.69) is 5.32 Å². The summed E-state index contributed by atoms with van der Waals surface area (Å²) in [5.74, 6) is -1.53. The van der Waals surface area contributed by atoms with Crippen LogP contribution in [0.2, 0.25) is 0 Å². The predicted octanol–water partition coefficient (Wildman–Crippen LogP) is 3.29. The molecule has 0 unspecified atom stereocenters. The molecule has 0 spiro atoms. The first kappa shape index (κ1) is 15.0. The molecule has 3 N–H and O–H groups in total. The molecule has 0 saturated carbocycles. The Morgan fingerprint density at radius 1 is 1.19 bits per heavy atom. The summed E-state index contributed by atoms with van der Waals surface area (Å²) in [4.78, 5) is 11.2. The Balaban J connectivity index is 2.27. The summed E-state index contributed by atoms with van der Waals surface area (Å²) >= 11 is 0. The summed E-state index contributed by atoms with van der Waals surface area (Å²) in [6.45, 7) is 3.79. The molecule has 2 aromatic rings. The van der Waals surface area contributed by atoms with Crippen molar-refractivity contribution in [2.45, 2.75) is 20.4 Å². The van der Waals surface area contributed by atoms with Crippen LogP contribution in [0.5, 0.6) is 0 Å². The number of nitrogens with two attached hydrogens (primary N) is 1. The van der Waals surface area contributed by atoms with E-state index in [9.17, 15) is 13.6 Å². The van der Waals surface area contributed by atoms with Gasteiger partial charge in [0.05, 0.1) is 0 Å². The minimum Gasteiger partial charge on any atom is -0.381 e. The van der Waals surface area contributed by atoms with E-state index in [4.69, 9.17) is 5.73 Å². The van der Waals surface area contributed by atoms with Crippen molar-refractivity contribution in [3.63, 3.8) is 0 Å². The Labute approximate surface area is 121 Å². The minimum atomic E-state index is -0.695. The van der Waals surface area contributed by atoms with Crippen molar-refractivity contribution in [3.05, 3.63) is 64.2 Å². The Bertz CT molecular complexity index is 699. The number of rotatable bonds is 4. The van der Waals surface area contributed by atoms with Crippen molar-refractivity contribution >= 4 is 11.6 Å². The molecular weight excluding hydrogens is 274 g/mol. The number of nitrogens with one attached hydrogen (secondary N) is 1. The fraction of sp³-hybridized carbons (Fsp3) is 0.188. The topological polar surface area (TPSA) is 55.1 Å². The molecule has 3 nitrogen and oxygen atoms in total. The van der Waals surface area contributed by atoms with Gasteiger partial charge in [-0.1, -0.05) is 6.07 Å². The number of hydrogen-bond acceptors (Lipinski definition) is 2. The second-order valence-electron chi connectivity index (χ2n) is 4.92. The first-order chi connectivity index (χ1) is 9.88. The maximum Gasteiger partial charge on any atom is 0.248 e. The van der Waals surface area contributed by atoms with Crippen LogP contribution in [0.1, 0.15) is 27.0 Å². The van der Waals surface area contributed by atoms with Crippen molar-refractivity contribution in [2.24, 2.45) is 5.73 Å². The van der Waals surface area contributed by atoms with Crippen molar-refractivity contribution < 1.29 is 13.6 Å². The third-order valence-electron chi connectivity index (χ3n) is 3.41. The molecule has 0 radical (unpaired) electrons. The van der Waals surface area contributed by atoms with E-state index in [0.29, 0.717) is 17.8 Å². The standard InChI is InChI=1S/C16H16F2N2O/c1-9-3-4-13(17)5-12(9)8-20-15-7-11(16(19)21)6-14(18)10(15)2/h3-7,20H,8H2,1-2H3,(H2,19,21). The molecule has 110 valence electrons. The van der Waals surface area contributed by atoms with Gasteiger partial charge < -0.3 is 11.1 Å². The number of hydrogen-bond donors (Lipinski definition) is 2. The molecule has 0 bridgehead atoms. The maximum atomic E-state index is 13.8. The van der Waals surface area contributed by atoms with Gasteiger partial charge in [0.25, 0.3) is 0 Å². The molecule has 1 amide bonds. The van der Waals surface area contributed by atoms with Crippen molar-refractivity contribution in [1.82, 2.24) is 0 Å². The molecule has 5 heteroatoms. The van der Waals surface area contributed by atoms with Gasteiger partial charge in [-0.25, -0.2) is 8.78 Å². The summed E-state index contributed by atoms with van der Waals surface area (Å²) in [5, 5.41) is 3.02. The molecule has 0 aromatic heterocycles. The van der Waals surface area contributed by atoms with Gasteiger partial charge in [-0.15, -0.1) is 0 Å². The van der Waals surface area contributed by atoms with Crippen molar-refractivity contribution in [3.8, 4) is 0 Å². The molecule has 0 aliphatic carbocycles. The zero-order valence-corrected chi connectivity index (χ0v) is 11.8. The molecule has 0 aliphatic rings. The van der Waals surface area contributed by atoms with E-state index in [1.165, 1.54) is 18.2 Å². The highest BCUT2D eigenvalue weighted by Crippen LogP contribution is 2.22. The van der Waals surface area contributed by atoms with Gasteiger partial charge in [0.2, 0.25) is 5.91 Å². The molecule has 0 saturated heterocycles. The predicted molar refractivity (Wildman–Crippen MR) is 78.1 cm³/mol. The van der Waals surface area contributed by atoms with Gasteiger partial charge >= 0.3 is 0 Å². The normalized spacial score (nSPS) is 10.5. The summed E-state index contributed by atoms with van der Waals surface area (Å²) in [5.41, 5.74) is 7.80. The lowest BCUT2D eigenvalue weighted by molar-refractivity contribution is 0.1000. The number of carbonyl (C=O) groups excluding carboxylic acids is 1. The highest BCUT2D eigenvalue weighted by atomic mass is 19.1. The molecule has 2 aromatic carbocycles. The molecule has 0 heterocycles. The Hall–Kier alpha value is -2.43. The van der Waals surface area contributed by atoms with Crippen molar-refractivity contribution in [1.29, 1.82) is 0 Å². The average Bonchev–Trinajstić information content (AvgIpc) is 2.43. The van der Waals surface area contributed by atoms with Gasteiger partial charge in [0.1, 0.15) is 11.6 Å². The third kappa shape index (κ3) is 3.37. The van der Waals surface area contributed by atoms with Crippen LogP contribution in [-0.4, -0.2) is 5.91 Å². The van der Waals surface area contributed by atoms with Gasteiger partial charge in [-0.2, -0.15) is 0 Å². The van der Waals surface area contributed by atoms with Gasteiger partial charge in [-0.05, 0) is 49.2 Å². The van der Waals surface area contributed by atoms with E-state index >= 15 is 0 Å². The first-order valence-electron chi connectivity index (χ1n) is 6.47. The minimum absolute atomic E-state index is 0.0940. The highest BCUT2D eigenvalue weighted by molar-refractivity contribution is 5.94. The zero-order valence-electron chi connectivity index (χ0n) is 11.8. The summed E-state index contributed by atoms with van der Waals surface area (Å²) in [7, 11) is 0. The van der Waals surface area contributed by atoms with E-state index in [0.717, 1.165) is 17.2 Å². The summed E-state index contributed by atoms with van der Waals surface area (Å²) in [6, 6.07) is 7.09. The summed E-state index contributed by atoms with van der Waals surface area (Å²) < 4.78 is 27.0. The smallest absolute Gasteiger partial charge is 0.248 e. The van der Waals surface area contributed by atoms with Crippen molar-refractivity contribution in [2.75, 3.05) is 5.32 Å². The molecule has 0 atom stereocenters. The zero-order chi connectivity index (χ0) is 15.6. The van der Waals surface area contributed by atoms with Crippen LogP contribution >= 0.6 is 0 Å². The Morgan fingerprint density at radius 3 is 2.57 bits per heavy atom. The lowest BCUT2D eigenvalue weighted by atomic mass is 10.1. The molecule has 0 aliphatic heterocycles. The largest absolute Gasteiger partial charge is 0.381 e. The van der Waals surface area contributed by atoms with Crippen LogP contribution < -0.4 is 11.1 Å². The Kier molecular flexibility index (Phi) is 4.21. The molecule has 0 fully saturated rings. The van der Waals surface area contributed by atoms with E-state index in [1.807, 2.05) is 6.92 Å². The van der Waals surface area contributed by atoms with E-state index in [-0.39, 0.29) is 11.4 Å². The first-order valence-corrected chi connectivity index (χ1v) is 6.47. The van der Waals surface area contributed by atoms with E-state index < -0.39 is 11.7 Å². The molecular formula is C16H16F2N2O. The van der Waals surface area contributed by atoms with E-state index in [1.54, 1.807) is 13.0 Å². The maximum absolute atomic E-state index is 13.8. The van der Waals surface area contributed by atoms with Crippen LogP contribution in [0.25, 0.3) is 0 Å². The van der Waals surface area contributed by atoms with Gasteiger partial charge in [0, 0.05) is 23.4 Å². The van der Waals surface area contributed by atoms with Crippen LogP contribution in [0.15, 0.2) is 30.3 Å². The second-order valence-corrected chi connectivity index (χ2v) is 4.92. The number of aryl methyl sites for hydroxylation is 1. The van der Waals surface area contributed by atoms with Crippen LogP contribution in [-0.2, 0) is 6.54 Å². The number of halogens is 2. The van der Waals surface area contributed by atoms with Crippen LogP contribution in [0.4, 0.5) is 14.5 Å². The highest BCUT2D eigenvalue weighted by Gasteiger charge is 2.10. The third-order valence-corrected chi connectivity index (χ3v) is 3.41. The average molecular weight is 290 g/mol. The lowest BCUT2D eigenvalue weighted by Gasteiger charge is -2.13. The lowest BCUT2D eigenvalue weighted by Crippen LogP contribution is -2.13. The quantitative estimate of drug-likeness (QED) is 0.907. The molecule has 21 heavy (non-hydrogen) atoms. The second kappa shape index (κ2) is 5.91. The number of amides is 1. The molecule has 2 rings (SSSR count). The van der Waals surface area contributed by atoms with Crippen LogP contribution in [0.3, 0.4) is 0 Å². The number of primary amides is 1. The Morgan fingerprint density at radius 2 is 1.90 bits per heavy atom. The SMILES string of the molecule is Cc1ccc(F)cc1CNc1cc(C(N)=O)cc(F)c1C. The number of carbonyl (C=O) groups is 1. The van der Waals surface area contributed by atoms with Gasteiger partial charge in [-0.3, -0.25) is 4.79 Å². The number of benzene rings is 2. The monoisotopic (exact) mass is 290 g/mol. The number of anilines is 1. The summed E-state index contributed by atoms with van der Waals surface area (Å²) in [6.07, 6.45) is 0. The van der Waals surface area contributed by atoms with Crippen LogP contribution in [0, 0.1) is 25.5 Å². The fourth-order valence-electron chi connectivity index (χ4n) is 2.03. The fourth-order valence-corrected chi connectivity index (χ4v) is 2.03.